The normalized spacial score (nSPS) is 13.9. The van der Waals surface area contributed by atoms with Gasteiger partial charge in [0.05, 0.1) is 29.6 Å². The van der Waals surface area contributed by atoms with Crippen molar-refractivity contribution in [2.45, 2.75) is 51.3 Å². The third-order valence-electron chi connectivity index (χ3n) is 5.86. The van der Waals surface area contributed by atoms with Crippen LogP contribution < -0.4 is 0 Å². The van der Waals surface area contributed by atoms with Crippen molar-refractivity contribution in [3.8, 4) is 34.9 Å². The van der Waals surface area contributed by atoms with Gasteiger partial charge in [-0.25, -0.2) is 4.39 Å². The summed E-state index contributed by atoms with van der Waals surface area (Å²) in [5, 5.41) is 11.0. The lowest BCUT2D eigenvalue weighted by molar-refractivity contribution is -0.139. The van der Waals surface area contributed by atoms with Gasteiger partial charge in [0.1, 0.15) is 11.9 Å². The molecule has 0 radical (unpaired) electrons. The van der Waals surface area contributed by atoms with Crippen LogP contribution in [0, 0.1) is 25.3 Å². The van der Waals surface area contributed by atoms with Gasteiger partial charge in [-0.05, 0) is 47.4 Å². The number of ether oxygens (including phenoxy) is 1. The molecule has 0 aliphatic heterocycles. The number of pyridine rings is 1. The number of aliphatic hydroxyl groups excluding tert-OH is 1. The van der Waals surface area contributed by atoms with E-state index in [0.29, 0.717) is 28.1 Å². The Hall–Kier alpha value is -3.30. The second kappa shape index (κ2) is 11.2. The molecule has 188 valence electrons. The Balaban J connectivity index is 2.39. The number of esters is 1. The number of nitrogens with zero attached hydrogens (tertiary/aromatic N) is 1. The summed E-state index contributed by atoms with van der Waals surface area (Å²) in [5.41, 5.74) is 2.36. The summed E-state index contributed by atoms with van der Waals surface area (Å²) in [6.07, 6.45) is 4.60. The van der Waals surface area contributed by atoms with E-state index in [1.165, 1.54) is 12.1 Å². The number of aliphatic hydroxyl groups is 1. The summed E-state index contributed by atoms with van der Waals surface area (Å²) in [6, 6.07) is 15.2. The first-order valence-electron chi connectivity index (χ1n) is 11.4. The number of carbonyl (C=O) groups excluding carboxylic acids is 1. The van der Waals surface area contributed by atoms with E-state index in [-0.39, 0.29) is 0 Å². The average molecular weight is 510 g/mol. The van der Waals surface area contributed by atoms with Gasteiger partial charge >= 0.3 is 5.97 Å². The molecule has 0 spiro atoms. The van der Waals surface area contributed by atoms with Gasteiger partial charge in [-0.2, -0.15) is 0 Å². The molecule has 3 atom stereocenters. The molecule has 0 aliphatic carbocycles. The van der Waals surface area contributed by atoms with E-state index in [2.05, 4.69) is 4.74 Å². The second-order valence-corrected chi connectivity index (χ2v) is 10.9. The zero-order valence-electron chi connectivity index (χ0n) is 20.6. The quantitative estimate of drug-likeness (QED) is 0.246. The smallest absolute Gasteiger partial charge is 0.322 e. The molecule has 0 saturated carbocycles. The summed E-state index contributed by atoms with van der Waals surface area (Å²) >= 11 is 0. The topological polar surface area (TPSA) is 96.7 Å². The minimum atomic E-state index is -3.46. The van der Waals surface area contributed by atoms with Crippen LogP contribution >= 0.6 is 8.03 Å². The number of hydrogen-bond donors (Lipinski definition) is 2. The standard InChI is InChI=1S/C28H29FNO5P/c1-6-35-24(32)16-23(31)26(36(33)34)25-21(18-11-13-19(29)14-12-18)15-22(30-27(25)28(3,4)5)20-10-8-7-9-17(20)2/h1,7-15,23,26,31,36H,16H2,2-5H3,(H,33,34). The summed E-state index contributed by atoms with van der Waals surface area (Å²) in [5.74, 6) is -1.34. The van der Waals surface area contributed by atoms with E-state index in [1.54, 1.807) is 24.3 Å². The molecule has 3 rings (SSSR count). The lowest BCUT2D eigenvalue weighted by Crippen LogP contribution is -2.26. The van der Waals surface area contributed by atoms with Crippen molar-refractivity contribution in [1.29, 1.82) is 0 Å². The van der Waals surface area contributed by atoms with Crippen molar-refractivity contribution < 1.29 is 28.5 Å². The number of carbonyl (C=O) groups is 1. The number of aryl methyl sites for hydroxylation is 1. The van der Waals surface area contributed by atoms with Crippen LogP contribution in [0.1, 0.15) is 49.7 Å². The molecular formula is C28H29FNO5P. The van der Waals surface area contributed by atoms with Gasteiger partial charge in [0, 0.05) is 11.0 Å². The van der Waals surface area contributed by atoms with Gasteiger partial charge < -0.3 is 14.7 Å². The third-order valence-corrected chi connectivity index (χ3v) is 7.06. The highest BCUT2D eigenvalue weighted by Crippen LogP contribution is 2.49. The van der Waals surface area contributed by atoms with Crippen LogP contribution in [0.25, 0.3) is 22.4 Å². The molecule has 2 aromatic carbocycles. The minimum absolute atomic E-state index is 0.318. The fourth-order valence-electron chi connectivity index (χ4n) is 4.18. The first kappa shape index (κ1) is 27.3. The monoisotopic (exact) mass is 509 g/mol. The van der Waals surface area contributed by atoms with Crippen molar-refractivity contribution in [2.75, 3.05) is 0 Å². The predicted octanol–water partition coefficient (Wildman–Crippen LogP) is 5.55. The van der Waals surface area contributed by atoms with Crippen molar-refractivity contribution in [3.05, 3.63) is 77.2 Å². The second-order valence-electron chi connectivity index (χ2n) is 9.57. The van der Waals surface area contributed by atoms with E-state index in [0.717, 1.165) is 11.1 Å². The average Bonchev–Trinajstić information content (AvgIpc) is 2.79. The van der Waals surface area contributed by atoms with Crippen LogP contribution in [-0.4, -0.2) is 27.1 Å². The number of hydrogen-bond acceptors (Lipinski definition) is 5. The Kier molecular flexibility index (Phi) is 8.47. The van der Waals surface area contributed by atoms with Crippen LogP contribution in [0.15, 0.2) is 54.6 Å². The van der Waals surface area contributed by atoms with E-state index in [1.807, 2.05) is 52.0 Å². The van der Waals surface area contributed by atoms with E-state index in [4.69, 9.17) is 11.4 Å². The third kappa shape index (κ3) is 6.09. The summed E-state index contributed by atoms with van der Waals surface area (Å²) in [6.45, 7) is 7.66. The first-order chi connectivity index (χ1) is 16.9. The predicted molar refractivity (Wildman–Crippen MR) is 138 cm³/mol. The number of rotatable bonds is 7. The summed E-state index contributed by atoms with van der Waals surface area (Å²) in [4.78, 5) is 27.3. The Morgan fingerprint density at radius 3 is 2.36 bits per heavy atom. The molecular weight excluding hydrogens is 480 g/mol. The molecule has 6 nitrogen and oxygen atoms in total. The lowest BCUT2D eigenvalue weighted by atomic mass is 9.82. The molecule has 0 saturated heterocycles. The first-order valence-corrected chi connectivity index (χ1v) is 12.8. The van der Waals surface area contributed by atoms with Gasteiger partial charge in [0.2, 0.25) is 0 Å². The molecule has 36 heavy (non-hydrogen) atoms. The van der Waals surface area contributed by atoms with Gasteiger partial charge in [0.15, 0.2) is 8.03 Å². The van der Waals surface area contributed by atoms with E-state index in [9.17, 15) is 23.7 Å². The fraction of sp³-hybridized carbons (Fsp3) is 0.286. The van der Waals surface area contributed by atoms with Gasteiger partial charge in [-0.1, -0.05) is 63.6 Å². The molecule has 3 unspecified atom stereocenters. The molecule has 1 heterocycles. The van der Waals surface area contributed by atoms with E-state index >= 15 is 0 Å². The molecule has 8 heteroatoms. The highest BCUT2D eigenvalue weighted by Gasteiger charge is 2.36. The van der Waals surface area contributed by atoms with Gasteiger partial charge in [0.25, 0.3) is 0 Å². The lowest BCUT2D eigenvalue weighted by Gasteiger charge is -2.30. The highest BCUT2D eigenvalue weighted by molar-refractivity contribution is 7.38. The molecule has 0 fully saturated rings. The number of benzene rings is 2. The van der Waals surface area contributed by atoms with Crippen molar-refractivity contribution >= 4 is 14.0 Å². The SMILES string of the molecule is C#COC(=O)CC(O)C(c1c(-c2ccc(F)cc2)cc(-c2ccccc2C)nc1C(C)(C)C)[PH](=O)O. The van der Waals surface area contributed by atoms with E-state index < -0.39 is 43.4 Å². The molecule has 0 bridgehead atoms. The number of terminal acetylenes is 1. The maximum absolute atomic E-state index is 13.8. The summed E-state index contributed by atoms with van der Waals surface area (Å²) in [7, 11) is -3.46. The van der Waals surface area contributed by atoms with Crippen molar-refractivity contribution in [1.82, 2.24) is 4.98 Å². The Bertz CT molecular complexity index is 1330. The molecule has 2 N–H and O–H groups in total. The van der Waals surface area contributed by atoms with Crippen LogP contribution in [0.2, 0.25) is 0 Å². The van der Waals surface area contributed by atoms with Crippen LogP contribution in [0.3, 0.4) is 0 Å². The number of aromatic nitrogens is 1. The maximum atomic E-state index is 13.8. The van der Waals surface area contributed by atoms with Crippen molar-refractivity contribution in [3.63, 3.8) is 0 Å². The zero-order chi connectivity index (χ0) is 26.6. The van der Waals surface area contributed by atoms with Gasteiger partial charge in [-0.3, -0.25) is 14.3 Å². The van der Waals surface area contributed by atoms with Crippen LogP contribution in [-0.2, 0) is 19.5 Å². The summed E-state index contributed by atoms with van der Waals surface area (Å²) < 4.78 is 31.0. The Morgan fingerprint density at radius 1 is 1.17 bits per heavy atom. The molecule has 3 aromatic rings. The molecule has 1 aromatic heterocycles. The van der Waals surface area contributed by atoms with Crippen molar-refractivity contribution in [2.24, 2.45) is 0 Å². The highest BCUT2D eigenvalue weighted by atomic mass is 31.1. The molecule has 0 amide bonds. The molecule has 0 aliphatic rings. The zero-order valence-corrected chi connectivity index (χ0v) is 21.6. The minimum Gasteiger partial charge on any atom is -0.391 e. The van der Waals surface area contributed by atoms with Gasteiger partial charge in [-0.15, -0.1) is 0 Å². The van der Waals surface area contributed by atoms with Crippen LogP contribution in [0.5, 0.6) is 0 Å². The maximum Gasteiger partial charge on any atom is 0.322 e. The number of halogens is 1. The fourth-order valence-corrected chi connectivity index (χ4v) is 5.17. The Morgan fingerprint density at radius 2 is 1.81 bits per heavy atom. The largest absolute Gasteiger partial charge is 0.391 e. The van der Waals surface area contributed by atoms with Crippen LogP contribution in [0.4, 0.5) is 4.39 Å². The Labute approximate surface area is 211 Å².